The fourth-order valence-electron chi connectivity index (χ4n) is 4.18. The SMILES string of the molecule is CNCC(O)C(O)C(O)C(O)CO.Nc1nc(-n2cc(C(=O)O)c(=O)c3cc(F)c(N4CC(O)C4)c(Cl)c32)c(F)cc1F. The Labute approximate surface area is 245 Å². The fourth-order valence-corrected chi connectivity index (χ4v) is 4.59. The zero-order valence-electron chi connectivity index (χ0n) is 22.3. The van der Waals surface area contributed by atoms with Crippen LogP contribution in [0.3, 0.4) is 0 Å². The summed E-state index contributed by atoms with van der Waals surface area (Å²) in [6.07, 6.45) is -5.59. The average Bonchev–Trinajstić information content (AvgIpc) is 2.93. The number of hydrogen-bond acceptors (Lipinski definition) is 12. The van der Waals surface area contributed by atoms with Gasteiger partial charge >= 0.3 is 5.97 Å². The van der Waals surface area contributed by atoms with E-state index in [0.717, 1.165) is 16.8 Å². The zero-order valence-corrected chi connectivity index (χ0v) is 23.1. The molecule has 1 fully saturated rings. The first-order valence-corrected chi connectivity index (χ1v) is 12.9. The molecule has 4 atom stereocenters. The van der Waals surface area contributed by atoms with Crippen LogP contribution in [-0.4, -0.2) is 115 Å². The molecular weight excluding hydrogens is 607 g/mol. The highest BCUT2D eigenvalue weighted by atomic mass is 35.5. The van der Waals surface area contributed by atoms with Crippen LogP contribution in [0.25, 0.3) is 16.7 Å². The van der Waals surface area contributed by atoms with Crippen LogP contribution in [-0.2, 0) is 0 Å². The van der Waals surface area contributed by atoms with Crippen molar-refractivity contribution in [2.24, 2.45) is 0 Å². The molecule has 0 bridgehead atoms. The lowest BCUT2D eigenvalue weighted by molar-refractivity contribution is -0.113. The topological polar surface area (TPSA) is 235 Å². The summed E-state index contributed by atoms with van der Waals surface area (Å²) in [6, 6.07) is 1.21. The third-order valence-corrected chi connectivity index (χ3v) is 6.83. The van der Waals surface area contributed by atoms with Crippen molar-refractivity contribution in [2.75, 3.05) is 43.9 Å². The van der Waals surface area contributed by atoms with Crippen molar-refractivity contribution < 1.29 is 53.7 Å². The highest BCUT2D eigenvalue weighted by Gasteiger charge is 2.32. The van der Waals surface area contributed by atoms with Crippen molar-refractivity contribution in [2.45, 2.75) is 30.5 Å². The number of carboxylic acid groups (broad SMARTS) is 1. The minimum absolute atomic E-state index is 0.0652. The van der Waals surface area contributed by atoms with E-state index in [0.29, 0.717) is 6.07 Å². The van der Waals surface area contributed by atoms with E-state index in [4.69, 9.17) is 37.8 Å². The maximum atomic E-state index is 14.8. The molecule has 1 aromatic carbocycles. The van der Waals surface area contributed by atoms with E-state index in [1.54, 1.807) is 7.05 Å². The maximum absolute atomic E-state index is 14.8. The monoisotopic (exact) mass is 635 g/mol. The second kappa shape index (κ2) is 13.8. The van der Waals surface area contributed by atoms with Gasteiger partial charge in [-0.1, -0.05) is 11.6 Å². The van der Waals surface area contributed by atoms with Gasteiger partial charge in [0.1, 0.15) is 29.7 Å². The molecule has 43 heavy (non-hydrogen) atoms. The molecule has 14 nitrogen and oxygen atoms in total. The van der Waals surface area contributed by atoms with Gasteiger partial charge in [0.2, 0.25) is 5.43 Å². The van der Waals surface area contributed by atoms with E-state index >= 15 is 0 Å². The number of carbonyl (C=O) groups is 1. The molecule has 4 unspecified atom stereocenters. The molecule has 10 N–H and O–H groups in total. The van der Waals surface area contributed by atoms with E-state index in [2.05, 4.69) is 10.3 Å². The summed E-state index contributed by atoms with van der Waals surface area (Å²) < 4.78 is 43.6. The van der Waals surface area contributed by atoms with Gasteiger partial charge < -0.3 is 51.7 Å². The van der Waals surface area contributed by atoms with Crippen LogP contribution < -0.4 is 21.4 Å². The van der Waals surface area contributed by atoms with E-state index in [-0.39, 0.29) is 35.9 Å². The Morgan fingerprint density at radius 3 is 2.26 bits per heavy atom. The van der Waals surface area contributed by atoms with Gasteiger partial charge in [-0.25, -0.2) is 22.9 Å². The Bertz CT molecular complexity index is 1560. The predicted molar refractivity (Wildman–Crippen MR) is 147 cm³/mol. The Kier molecular flexibility index (Phi) is 10.9. The van der Waals surface area contributed by atoms with Gasteiger partial charge in [0.15, 0.2) is 23.3 Å². The Balaban J connectivity index is 0.000000331. The molecule has 1 saturated heterocycles. The number of nitrogens with two attached hydrogens (primary N) is 1. The summed E-state index contributed by atoms with van der Waals surface area (Å²) in [5.41, 5.74) is 3.13. The summed E-state index contributed by atoms with van der Waals surface area (Å²) in [5.74, 6) is -6.27. The lowest BCUT2D eigenvalue weighted by Crippen LogP contribution is -2.51. The molecule has 4 rings (SSSR count). The first-order chi connectivity index (χ1) is 20.1. The molecule has 0 spiro atoms. The molecule has 0 radical (unpaired) electrons. The number of β-amino-alcohol motifs (C(OH)–C–C–N with tert-alkyl or cyclic N) is 1. The standard InChI is InChI=1S/C18H12ClF3N4O4.C7H17NO5/c19-12-13-7(1-9(20)14(12)25-3-6(27)4-25)15(28)8(18(29)30)5-26(13)17-11(22)2-10(21)16(23)24-17;1-8-2-4(10)6(12)7(13)5(11)3-9/h1-2,5-6,27H,3-4H2,(H2,23,24)(H,29,30);4-13H,2-3H2,1H3. The number of aromatic carboxylic acids is 1. The quantitative estimate of drug-likeness (QED) is 0.131. The predicted octanol–water partition coefficient (Wildman–Crippen LogP) is -1.44. The molecule has 236 valence electrons. The summed E-state index contributed by atoms with van der Waals surface area (Å²) in [6.45, 7) is -0.438. The number of halogens is 4. The van der Waals surface area contributed by atoms with Gasteiger partial charge in [0.25, 0.3) is 0 Å². The number of carboxylic acids is 1. The number of hydrogen-bond donors (Lipinski definition) is 9. The van der Waals surface area contributed by atoms with Gasteiger partial charge in [-0.2, -0.15) is 0 Å². The lowest BCUT2D eigenvalue weighted by atomic mass is 10.0. The highest BCUT2D eigenvalue weighted by molar-refractivity contribution is 6.38. The molecule has 1 aliphatic heterocycles. The third kappa shape index (κ3) is 7.00. The smallest absolute Gasteiger partial charge is 0.341 e. The number of aliphatic hydroxyl groups excluding tert-OH is 6. The number of nitrogens with one attached hydrogen (secondary N) is 1. The first-order valence-electron chi connectivity index (χ1n) is 12.5. The van der Waals surface area contributed by atoms with Crippen LogP contribution in [0.4, 0.5) is 24.7 Å². The molecule has 1 aliphatic rings. The van der Waals surface area contributed by atoms with E-state index in [9.17, 15) is 38.1 Å². The normalized spacial score (nSPS) is 16.2. The summed E-state index contributed by atoms with van der Waals surface area (Å²) in [5, 5.41) is 65.5. The third-order valence-electron chi connectivity index (χ3n) is 6.47. The Morgan fingerprint density at radius 1 is 1.12 bits per heavy atom. The second-order valence-electron chi connectivity index (χ2n) is 9.54. The van der Waals surface area contributed by atoms with Crippen LogP contribution >= 0.6 is 11.6 Å². The fraction of sp³-hybridized carbons (Fsp3) is 0.400. The van der Waals surface area contributed by atoms with Crippen LogP contribution in [0.2, 0.25) is 5.02 Å². The minimum Gasteiger partial charge on any atom is -0.477 e. The van der Waals surface area contributed by atoms with Crippen LogP contribution in [0.5, 0.6) is 0 Å². The van der Waals surface area contributed by atoms with Crippen molar-refractivity contribution >= 4 is 40.0 Å². The molecule has 3 heterocycles. The van der Waals surface area contributed by atoms with Crippen molar-refractivity contribution in [3.63, 3.8) is 0 Å². The molecule has 2 aromatic heterocycles. The van der Waals surface area contributed by atoms with Crippen LogP contribution in [0.15, 0.2) is 23.1 Å². The van der Waals surface area contributed by atoms with Crippen molar-refractivity contribution in [1.29, 1.82) is 0 Å². The highest BCUT2D eigenvalue weighted by Crippen LogP contribution is 2.38. The van der Waals surface area contributed by atoms with Crippen molar-refractivity contribution in [3.8, 4) is 5.82 Å². The number of rotatable bonds is 9. The number of aromatic nitrogens is 2. The number of fused-ring (bicyclic) bond motifs is 1. The number of anilines is 2. The van der Waals surface area contributed by atoms with E-state index < -0.39 is 88.6 Å². The Hall–Kier alpha value is -3.55. The number of likely N-dealkylation sites (N-methyl/N-ethyl adjacent to an activating group) is 1. The van der Waals surface area contributed by atoms with Crippen molar-refractivity contribution in [3.05, 3.63) is 56.6 Å². The number of aliphatic hydroxyl groups is 6. The van der Waals surface area contributed by atoms with Crippen LogP contribution in [0, 0.1) is 17.5 Å². The van der Waals surface area contributed by atoms with E-state index in [1.807, 2.05) is 0 Å². The maximum Gasteiger partial charge on any atom is 0.341 e. The largest absolute Gasteiger partial charge is 0.477 e. The lowest BCUT2D eigenvalue weighted by Gasteiger charge is -2.38. The first kappa shape index (κ1) is 33.9. The minimum atomic E-state index is -1.65. The van der Waals surface area contributed by atoms with Gasteiger partial charge in [0.05, 0.1) is 40.4 Å². The molecule has 0 amide bonds. The summed E-state index contributed by atoms with van der Waals surface area (Å²) in [4.78, 5) is 29.1. The van der Waals surface area contributed by atoms with Crippen LogP contribution in [0.1, 0.15) is 10.4 Å². The summed E-state index contributed by atoms with van der Waals surface area (Å²) in [7, 11) is 1.57. The number of benzene rings is 1. The van der Waals surface area contributed by atoms with Crippen molar-refractivity contribution in [1.82, 2.24) is 14.9 Å². The zero-order chi connectivity index (χ0) is 32.3. The molecular formula is C25H29ClF3N5O9. The number of pyridine rings is 2. The molecule has 0 saturated carbocycles. The molecule has 18 heteroatoms. The average molecular weight is 636 g/mol. The second-order valence-corrected chi connectivity index (χ2v) is 9.92. The van der Waals surface area contributed by atoms with Gasteiger partial charge in [-0.05, 0) is 13.1 Å². The molecule has 3 aromatic rings. The number of nitrogen functional groups attached to an aromatic ring is 1. The number of nitrogens with zero attached hydrogens (tertiary/aromatic N) is 3. The molecule has 0 aliphatic carbocycles. The summed E-state index contributed by atoms with van der Waals surface area (Å²) >= 11 is 6.36. The van der Waals surface area contributed by atoms with Gasteiger partial charge in [-0.3, -0.25) is 9.36 Å². The van der Waals surface area contributed by atoms with Gasteiger partial charge in [-0.15, -0.1) is 0 Å². The van der Waals surface area contributed by atoms with Gasteiger partial charge in [0, 0.05) is 31.9 Å². The Morgan fingerprint density at radius 2 is 1.72 bits per heavy atom. The van der Waals surface area contributed by atoms with E-state index in [1.165, 1.54) is 4.90 Å².